The van der Waals surface area contributed by atoms with Gasteiger partial charge in [-0.2, -0.15) is 0 Å². The molecule has 0 spiro atoms. The molecule has 6 heteroatoms. The summed E-state index contributed by atoms with van der Waals surface area (Å²) in [6, 6.07) is 8.97. The molecular formula is C13H8Cl3N3. The Kier molecular flexibility index (Phi) is 3.35. The molecule has 0 aliphatic heterocycles. The van der Waals surface area contributed by atoms with Crippen molar-refractivity contribution < 1.29 is 0 Å². The van der Waals surface area contributed by atoms with E-state index in [4.69, 9.17) is 34.8 Å². The van der Waals surface area contributed by atoms with E-state index in [1.165, 1.54) is 0 Å². The molecule has 0 N–H and O–H groups in total. The molecule has 0 fully saturated rings. The van der Waals surface area contributed by atoms with E-state index in [1.54, 1.807) is 18.5 Å². The minimum Gasteiger partial charge on any atom is -0.311 e. The number of hydrogen-bond donors (Lipinski definition) is 0. The predicted molar refractivity (Wildman–Crippen MR) is 78.1 cm³/mol. The van der Waals surface area contributed by atoms with E-state index < -0.39 is 0 Å². The maximum atomic E-state index is 6.16. The third kappa shape index (κ3) is 2.54. The zero-order valence-electron chi connectivity index (χ0n) is 9.65. The van der Waals surface area contributed by atoms with Crippen LogP contribution in [0.5, 0.6) is 0 Å². The highest BCUT2D eigenvalue weighted by Crippen LogP contribution is 2.23. The van der Waals surface area contributed by atoms with Crippen LogP contribution in [-0.2, 0) is 6.54 Å². The highest BCUT2D eigenvalue weighted by atomic mass is 35.5. The van der Waals surface area contributed by atoms with Crippen LogP contribution in [0.1, 0.15) is 5.56 Å². The van der Waals surface area contributed by atoms with Gasteiger partial charge in [0.1, 0.15) is 10.7 Å². The average Bonchev–Trinajstić information content (AvgIpc) is 2.75. The van der Waals surface area contributed by atoms with Gasteiger partial charge in [-0.15, -0.1) is 0 Å². The molecule has 3 rings (SSSR count). The minimum atomic E-state index is 0.441. The first kappa shape index (κ1) is 12.7. The molecule has 3 aromatic rings. The van der Waals surface area contributed by atoms with Crippen molar-refractivity contribution in [3.8, 4) is 0 Å². The monoisotopic (exact) mass is 311 g/mol. The summed E-state index contributed by atoms with van der Waals surface area (Å²) in [4.78, 5) is 8.55. The van der Waals surface area contributed by atoms with Crippen LogP contribution in [0.4, 0.5) is 0 Å². The number of fused-ring (bicyclic) bond motifs is 1. The normalized spacial score (nSPS) is 11.1. The lowest BCUT2D eigenvalue weighted by atomic mass is 10.2. The van der Waals surface area contributed by atoms with Gasteiger partial charge < -0.3 is 4.57 Å². The molecule has 0 bridgehead atoms. The topological polar surface area (TPSA) is 30.7 Å². The number of nitrogens with zero attached hydrogens (tertiary/aromatic N) is 3. The fourth-order valence-corrected chi connectivity index (χ4v) is 2.48. The standard InChI is InChI=1S/C13H8Cl3N3/c14-9-2-1-8(10(15)5-9)6-19-7-17-11-3-4-12(16)18-13(11)19/h1-5,7H,6H2. The van der Waals surface area contributed by atoms with Gasteiger partial charge in [0.05, 0.1) is 12.9 Å². The molecule has 0 aliphatic carbocycles. The second-order valence-electron chi connectivity index (χ2n) is 4.08. The highest BCUT2D eigenvalue weighted by molar-refractivity contribution is 6.35. The maximum absolute atomic E-state index is 6.16. The molecule has 0 saturated carbocycles. The van der Waals surface area contributed by atoms with E-state index in [0.29, 0.717) is 21.7 Å². The van der Waals surface area contributed by atoms with Crippen LogP contribution in [0.2, 0.25) is 15.2 Å². The lowest BCUT2D eigenvalue weighted by Crippen LogP contribution is -2.00. The van der Waals surface area contributed by atoms with Gasteiger partial charge in [-0.3, -0.25) is 0 Å². The minimum absolute atomic E-state index is 0.441. The van der Waals surface area contributed by atoms with Gasteiger partial charge >= 0.3 is 0 Å². The molecule has 0 radical (unpaired) electrons. The SMILES string of the molecule is Clc1ccc(Cn2cnc3ccc(Cl)nc32)c(Cl)c1. The number of hydrogen-bond acceptors (Lipinski definition) is 2. The number of imidazole rings is 1. The molecule has 2 aromatic heterocycles. The first-order chi connectivity index (χ1) is 9.13. The molecule has 2 heterocycles. The van der Waals surface area contributed by atoms with Crippen molar-refractivity contribution in [2.24, 2.45) is 0 Å². The quantitative estimate of drug-likeness (QED) is 0.655. The van der Waals surface area contributed by atoms with Gasteiger partial charge in [0.25, 0.3) is 0 Å². The van der Waals surface area contributed by atoms with Gasteiger partial charge in [-0.25, -0.2) is 9.97 Å². The zero-order chi connectivity index (χ0) is 13.4. The highest BCUT2D eigenvalue weighted by Gasteiger charge is 2.08. The first-order valence-electron chi connectivity index (χ1n) is 5.55. The van der Waals surface area contributed by atoms with Crippen LogP contribution in [0, 0.1) is 0 Å². The van der Waals surface area contributed by atoms with E-state index in [-0.39, 0.29) is 0 Å². The van der Waals surface area contributed by atoms with Crippen LogP contribution in [0.15, 0.2) is 36.7 Å². The van der Waals surface area contributed by atoms with Crippen molar-refractivity contribution in [3.05, 3.63) is 57.4 Å². The number of pyridine rings is 1. The van der Waals surface area contributed by atoms with Crippen molar-refractivity contribution in [1.29, 1.82) is 0 Å². The van der Waals surface area contributed by atoms with Crippen molar-refractivity contribution in [3.63, 3.8) is 0 Å². The van der Waals surface area contributed by atoms with E-state index in [0.717, 1.165) is 16.7 Å². The molecule has 1 aromatic carbocycles. The predicted octanol–water partition coefficient (Wildman–Crippen LogP) is 4.44. The molecule has 0 unspecified atom stereocenters. The Bertz CT molecular complexity index is 752. The van der Waals surface area contributed by atoms with Crippen LogP contribution in [-0.4, -0.2) is 14.5 Å². The van der Waals surface area contributed by atoms with Crippen molar-refractivity contribution in [2.75, 3.05) is 0 Å². The van der Waals surface area contributed by atoms with Gasteiger partial charge in [0.2, 0.25) is 0 Å². The van der Waals surface area contributed by atoms with Gasteiger partial charge in [0, 0.05) is 10.0 Å². The molecule has 3 nitrogen and oxygen atoms in total. The largest absolute Gasteiger partial charge is 0.311 e. The first-order valence-corrected chi connectivity index (χ1v) is 6.68. The number of rotatable bonds is 2. The molecular weight excluding hydrogens is 305 g/mol. The summed E-state index contributed by atoms with van der Waals surface area (Å²) in [5.41, 5.74) is 2.49. The fourth-order valence-electron chi connectivity index (χ4n) is 1.87. The maximum Gasteiger partial charge on any atom is 0.161 e. The van der Waals surface area contributed by atoms with Crippen molar-refractivity contribution in [2.45, 2.75) is 6.54 Å². The second kappa shape index (κ2) is 5.00. The summed E-state index contributed by atoms with van der Waals surface area (Å²) in [6.45, 7) is 0.569. The third-order valence-electron chi connectivity index (χ3n) is 2.78. The summed E-state index contributed by atoms with van der Waals surface area (Å²) >= 11 is 18.0. The number of aromatic nitrogens is 3. The van der Waals surface area contributed by atoms with Crippen LogP contribution in [0.3, 0.4) is 0 Å². The van der Waals surface area contributed by atoms with E-state index in [9.17, 15) is 0 Å². The molecule has 0 aliphatic rings. The average molecular weight is 313 g/mol. The molecule has 0 atom stereocenters. The summed E-state index contributed by atoms with van der Waals surface area (Å²) in [5, 5.41) is 1.68. The zero-order valence-corrected chi connectivity index (χ0v) is 11.9. The Labute approximate surface area is 124 Å². The molecule has 0 saturated heterocycles. The van der Waals surface area contributed by atoms with E-state index >= 15 is 0 Å². The smallest absolute Gasteiger partial charge is 0.161 e. The van der Waals surface area contributed by atoms with Crippen molar-refractivity contribution >= 4 is 46.0 Å². The Balaban J connectivity index is 2.03. The number of benzene rings is 1. The van der Waals surface area contributed by atoms with Gasteiger partial charge in [-0.1, -0.05) is 40.9 Å². The summed E-state index contributed by atoms with van der Waals surface area (Å²) in [6.07, 6.45) is 1.72. The second-order valence-corrected chi connectivity index (χ2v) is 5.32. The van der Waals surface area contributed by atoms with Gasteiger partial charge in [-0.05, 0) is 29.8 Å². The van der Waals surface area contributed by atoms with Crippen LogP contribution in [0.25, 0.3) is 11.2 Å². The Morgan fingerprint density at radius 2 is 1.89 bits per heavy atom. The Morgan fingerprint density at radius 1 is 1.05 bits per heavy atom. The molecule has 19 heavy (non-hydrogen) atoms. The molecule has 96 valence electrons. The lowest BCUT2D eigenvalue weighted by Gasteiger charge is -2.06. The Hall–Kier alpha value is -1.29. The van der Waals surface area contributed by atoms with E-state index in [1.807, 2.05) is 22.8 Å². The van der Waals surface area contributed by atoms with Crippen LogP contribution >= 0.6 is 34.8 Å². The Morgan fingerprint density at radius 3 is 2.68 bits per heavy atom. The van der Waals surface area contributed by atoms with Gasteiger partial charge in [0.15, 0.2) is 5.65 Å². The third-order valence-corrected chi connectivity index (χ3v) is 3.58. The lowest BCUT2D eigenvalue weighted by molar-refractivity contribution is 0.814. The number of halogens is 3. The fraction of sp³-hybridized carbons (Fsp3) is 0.0769. The van der Waals surface area contributed by atoms with E-state index in [2.05, 4.69) is 9.97 Å². The molecule has 0 amide bonds. The summed E-state index contributed by atoms with van der Waals surface area (Å²) < 4.78 is 1.90. The van der Waals surface area contributed by atoms with Crippen LogP contribution < -0.4 is 0 Å². The summed E-state index contributed by atoms with van der Waals surface area (Å²) in [5.74, 6) is 0. The summed E-state index contributed by atoms with van der Waals surface area (Å²) in [7, 11) is 0. The van der Waals surface area contributed by atoms with Crippen molar-refractivity contribution in [1.82, 2.24) is 14.5 Å².